The molecule has 0 radical (unpaired) electrons. The number of cyclic esters (lactones) is 1. The van der Waals surface area contributed by atoms with E-state index in [1.807, 2.05) is 55.9 Å². The van der Waals surface area contributed by atoms with Crippen molar-refractivity contribution in [2.45, 2.75) is 130 Å². The van der Waals surface area contributed by atoms with Gasteiger partial charge in [0, 0.05) is 58.3 Å². The molecule has 0 bridgehead atoms. The summed E-state index contributed by atoms with van der Waals surface area (Å²) >= 11 is 0. The maximum absolute atomic E-state index is 14.6. The molecule has 53 heavy (non-hydrogen) atoms. The minimum atomic E-state index is -1.57. The summed E-state index contributed by atoms with van der Waals surface area (Å²) in [5.41, 5.74) is -1.36. The van der Waals surface area contributed by atoms with E-state index in [9.17, 15) is 19.5 Å². The van der Waals surface area contributed by atoms with Crippen LogP contribution in [0.3, 0.4) is 0 Å². The van der Waals surface area contributed by atoms with Crippen LogP contribution in [0.2, 0.25) is 0 Å². The first-order chi connectivity index (χ1) is 24.9. The number of aliphatic hydroxyl groups is 1. The van der Waals surface area contributed by atoms with Crippen LogP contribution in [-0.2, 0) is 39.9 Å². The van der Waals surface area contributed by atoms with E-state index in [-0.39, 0.29) is 29.8 Å². The lowest BCUT2D eigenvalue weighted by molar-refractivity contribution is -0.295. The van der Waals surface area contributed by atoms with Crippen molar-refractivity contribution in [3.63, 3.8) is 0 Å². The van der Waals surface area contributed by atoms with Crippen LogP contribution in [-0.4, -0.2) is 151 Å². The molecule has 3 fully saturated rings. The molecule has 0 unspecified atom stereocenters. The van der Waals surface area contributed by atoms with Crippen LogP contribution in [0.15, 0.2) is 30.3 Å². The Morgan fingerprint density at radius 1 is 1.02 bits per heavy atom. The second-order valence-corrected chi connectivity index (χ2v) is 16.9. The Kier molecular flexibility index (Phi) is 15.1. The lowest BCUT2D eigenvalue weighted by atomic mass is 9.74. The molecule has 0 aromatic heterocycles. The van der Waals surface area contributed by atoms with Crippen molar-refractivity contribution in [2.24, 2.45) is 17.3 Å². The van der Waals surface area contributed by atoms with Gasteiger partial charge in [0.2, 0.25) is 5.91 Å². The molecule has 3 saturated heterocycles. The minimum Gasteiger partial charge on any atom is -0.460 e. The van der Waals surface area contributed by atoms with E-state index in [0.717, 1.165) is 26.1 Å². The average molecular weight is 745 g/mol. The molecular formula is C41H68N4O8. The van der Waals surface area contributed by atoms with Gasteiger partial charge in [0.1, 0.15) is 23.7 Å². The number of hydrogen-bond acceptors (Lipinski definition) is 11. The molecule has 1 N–H and O–H groups in total. The molecule has 1 aromatic rings. The summed E-state index contributed by atoms with van der Waals surface area (Å²) in [7, 11) is 5.43. The third-order valence-electron chi connectivity index (χ3n) is 11.7. The van der Waals surface area contributed by atoms with Gasteiger partial charge in [-0.3, -0.25) is 24.2 Å². The number of rotatable bonds is 9. The fourth-order valence-electron chi connectivity index (χ4n) is 8.69. The van der Waals surface area contributed by atoms with Gasteiger partial charge in [0.05, 0.1) is 17.8 Å². The monoisotopic (exact) mass is 745 g/mol. The smallest absolute Gasteiger partial charge is 0.319 e. The Hall–Kier alpha value is -2.45. The number of ketones is 1. The van der Waals surface area contributed by atoms with Crippen LogP contribution in [0.1, 0.15) is 80.2 Å². The van der Waals surface area contributed by atoms with Gasteiger partial charge < -0.3 is 33.9 Å². The van der Waals surface area contributed by atoms with E-state index in [0.29, 0.717) is 39.0 Å². The number of nitrogens with zero attached hydrogens (tertiary/aromatic N) is 4. The van der Waals surface area contributed by atoms with Crippen molar-refractivity contribution in [1.82, 2.24) is 19.6 Å². The highest BCUT2D eigenvalue weighted by Gasteiger charge is 2.52. The van der Waals surface area contributed by atoms with Gasteiger partial charge in [-0.25, -0.2) is 0 Å². The van der Waals surface area contributed by atoms with Crippen LogP contribution >= 0.6 is 0 Å². The lowest BCUT2D eigenvalue weighted by Crippen LogP contribution is -2.59. The summed E-state index contributed by atoms with van der Waals surface area (Å²) in [5, 5.41) is 11.4. The SMILES string of the molecule is CCCN1C[C@H](C)C[C@@](C)(OC)[C@H](O[C@@H]2O[C@H](C)C[C@H](N(C)C)[C@H]2O)[C@@H](C)C(=O)C(C)(C)C(=O)O[C@@H](C)[C@@H]1C(=O)N1CCN(Cc2ccccc2)CC1. The lowest BCUT2D eigenvalue weighted by Gasteiger charge is -2.47. The second-order valence-electron chi connectivity index (χ2n) is 16.9. The highest BCUT2D eigenvalue weighted by molar-refractivity contribution is 6.04. The van der Waals surface area contributed by atoms with Crippen molar-refractivity contribution in [3.8, 4) is 0 Å². The quantitative estimate of drug-likeness (QED) is 0.294. The van der Waals surface area contributed by atoms with E-state index >= 15 is 0 Å². The number of carbonyl (C=O) groups is 3. The predicted molar refractivity (Wildman–Crippen MR) is 204 cm³/mol. The van der Waals surface area contributed by atoms with Crippen LogP contribution in [0.25, 0.3) is 0 Å². The molecule has 0 aliphatic carbocycles. The number of piperazine rings is 1. The summed E-state index contributed by atoms with van der Waals surface area (Å²) in [6.07, 6.45) is -1.99. The number of amides is 1. The number of hydrogen-bond donors (Lipinski definition) is 1. The largest absolute Gasteiger partial charge is 0.460 e. The normalized spacial score (nSPS) is 35.6. The van der Waals surface area contributed by atoms with Crippen molar-refractivity contribution < 1.29 is 38.4 Å². The van der Waals surface area contributed by atoms with Crippen LogP contribution in [0.5, 0.6) is 0 Å². The number of ether oxygens (including phenoxy) is 4. The molecule has 0 spiro atoms. The Morgan fingerprint density at radius 3 is 2.25 bits per heavy atom. The van der Waals surface area contributed by atoms with E-state index in [1.165, 1.54) is 5.56 Å². The first-order valence-corrected chi connectivity index (χ1v) is 19.7. The molecule has 300 valence electrons. The third-order valence-corrected chi connectivity index (χ3v) is 11.7. The van der Waals surface area contributed by atoms with E-state index < -0.39 is 53.5 Å². The first-order valence-electron chi connectivity index (χ1n) is 19.7. The summed E-state index contributed by atoms with van der Waals surface area (Å²) in [4.78, 5) is 51.6. The molecule has 12 heteroatoms. The number of methoxy groups -OCH3 is 1. The fraction of sp³-hybridized carbons (Fsp3) is 0.780. The van der Waals surface area contributed by atoms with Crippen LogP contribution in [0, 0.1) is 17.3 Å². The van der Waals surface area contributed by atoms with Crippen molar-refractivity contribution >= 4 is 17.7 Å². The second kappa shape index (κ2) is 18.5. The van der Waals surface area contributed by atoms with Gasteiger partial charge in [-0.1, -0.05) is 51.1 Å². The molecule has 3 aliphatic heterocycles. The molecule has 4 rings (SSSR count). The van der Waals surface area contributed by atoms with Crippen molar-refractivity contribution in [1.29, 1.82) is 0 Å². The summed E-state index contributed by atoms with van der Waals surface area (Å²) < 4.78 is 25.3. The predicted octanol–water partition coefficient (Wildman–Crippen LogP) is 3.83. The molecule has 3 aliphatic rings. The summed E-state index contributed by atoms with van der Waals surface area (Å²) in [5.74, 6) is -2.00. The van der Waals surface area contributed by atoms with Gasteiger partial charge >= 0.3 is 5.97 Å². The molecule has 1 amide bonds. The van der Waals surface area contributed by atoms with E-state index in [1.54, 1.807) is 34.8 Å². The van der Waals surface area contributed by atoms with Crippen molar-refractivity contribution in [2.75, 3.05) is 60.5 Å². The molecule has 1 aromatic carbocycles. The van der Waals surface area contributed by atoms with Gasteiger partial charge in [0.15, 0.2) is 12.1 Å². The zero-order valence-corrected chi connectivity index (χ0v) is 34.2. The molecule has 10 atom stereocenters. The average Bonchev–Trinajstić information content (AvgIpc) is 3.11. The number of benzene rings is 1. The van der Waals surface area contributed by atoms with Crippen LogP contribution < -0.4 is 0 Å². The zero-order valence-electron chi connectivity index (χ0n) is 34.2. The molecular weight excluding hydrogens is 676 g/mol. The molecule has 12 nitrogen and oxygen atoms in total. The first kappa shape index (κ1) is 43.3. The number of aliphatic hydroxyl groups excluding tert-OH is 1. The maximum atomic E-state index is 14.6. The fourth-order valence-corrected chi connectivity index (χ4v) is 8.69. The minimum absolute atomic E-state index is 0.0276. The van der Waals surface area contributed by atoms with Gasteiger partial charge in [-0.2, -0.15) is 0 Å². The highest BCUT2D eigenvalue weighted by Crippen LogP contribution is 2.39. The topological polar surface area (TPSA) is 121 Å². The van der Waals surface area contributed by atoms with Gasteiger partial charge in [-0.15, -0.1) is 0 Å². The van der Waals surface area contributed by atoms with Crippen molar-refractivity contribution in [3.05, 3.63) is 35.9 Å². The van der Waals surface area contributed by atoms with Gasteiger partial charge in [-0.05, 0) is 86.0 Å². The van der Waals surface area contributed by atoms with E-state index in [2.05, 4.69) is 35.8 Å². The van der Waals surface area contributed by atoms with Crippen LogP contribution in [0.4, 0.5) is 0 Å². The standard InChI is InChI=1S/C41H68N4O8/c1-12-18-45-25-27(2)24-41(8,50-11)36(53-38-34(46)32(42(9)10)23-28(3)51-38)29(4)35(47)40(6,7)39(49)52-30(5)33(45)37(48)44-21-19-43(20-22-44)26-31-16-14-13-15-17-31/h13-17,27-30,32-34,36,38,46H,12,18-26H2,1-11H3/t27-,28-,29+,30+,32+,33-,34-,36-,38+,41-/m1/s1. The number of likely N-dealkylation sites (N-methyl/N-ethyl adjacent to an activating group) is 1. The Bertz CT molecular complexity index is 1350. The maximum Gasteiger partial charge on any atom is 0.319 e. The summed E-state index contributed by atoms with van der Waals surface area (Å²) in [6, 6.07) is 9.39. The number of Topliss-reactive ketones (excluding diaryl/α,β-unsaturated/α-hetero) is 1. The highest BCUT2D eigenvalue weighted by atomic mass is 16.7. The number of carbonyl (C=O) groups excluding carboxylic acids is 3. The molecule has 0 saturated carbocycles. The Labute approximate surface area is 318 Å². The molecule has 3 heterocycles. The van der Waals surface area contributed by atoms with Gasteiger partial charge in [0.25, 0.3) is 0 Å². The third kappa shape index (κ3) is 10.2. The summed E-state index contributed by atoms with van der Waals surface area (Å²) in [6.45, 7) is 19.3. The number of esters is 1. The van der Waals surface area contributed by atoms with E-state index in [4.69, 9.17) is 18.9 Å². The Morgan fingerprint density at radius 2 is 1.66 bits per heavy atom. The zero-order chi connectivity index (χ0) is 39.2. The Balaban J connectivity index is 1.66.